The maximum Gasteiger partial charge on any atom is 0.265 e. The summed E-state index contributed by atoms with van der Waals surface area (Å²) < 4.78 is 11.2. The fraction of sp³-hybridized carbons (Fsp3) is 0.476. The van der Waals surface area contributed by atoms with Crippen molar-refractivity contribution in [2.75, 3.05) is 45.3 Å². The number of rotatable bonds is 6. The van der Waals surface area contributed by atoms with Gasteiger partial charge in [0.15, 0.2) is 5.11 Å². The standard InChI is InChI=1S/C21H27N3O4S/c1-5-23-19(25)15(20(26)24(6-2)21(23)29)11-14-12-18(28-4)16(13-17(14)27-3)22-9-7-8-10-22/h11-13H,5-10H2,1-4H3. The highest BCUT2D eigenvalue weighted by atomic mass is 32.1. The monoisotopic (exact) mass is 417 g/mol. The van der Waals surface area contributed by atoms with Crippen molar-refractivity contribution in [3.8, 4) is 11.5 Å². The number of hydrogen-bond donors (Lipinski definition) is 0. The van der Waals surface area contributed by atoms with Gasteiger partial charge >= 0.3 is 0 Å². The van der Waals surface area contributed by atoms with Crippen molar-refractivity contribution in [2.45, 2.75) is 26.7 Å². The van der Waals surface area contributed by atoms with Crippen molar-refractivity contribution < 1.29 is 19.1 Å². The van der Waals surface area contributed by atoms with Gasteiger partial charge in [0.2, 0.25) is 0 Å². The summed E-state index contributed by atoms with van der Waals surface area (Å²) >= 11 is 5.32. The highest BCUT2D eigenvalue weighted by Gasteiger charge is 2.38. The molecule has 7 nitrogen and oxygen atoms in total. The van der Waals surface area contributed by atoms with Crippen molar-refractivity contribution in [2.24, 2.45) is 0 Å². The van der Waals surface area contributed by atoms with E-state index in [1.165, 1.54) is 9.80 Å². The Morgan fingerprint density at radius 2 is 1.52 bits per heavy atom. The number of hydrogen-bond acceptors (Lipinski definition) is 6. The van der Waals surface area contributed by atoms with Crippen LogP contribution in [-0.2, 0) is 9.59 Å². The summed E-state index contributed by atoms with van der Waals surface area (Å²) in [6.07, 6.45) is 3.85. The van der Waals surface area contributed by atoms with Crippen molar-refractivity contribution in [3.63, 3.8) is 0 Å². The fourth-order valence-electron chi connectivity index (χ4n) is 3.76. The quantitative estimate of drug-likeness (QED) is 0.403. The molecule has 3 rings (SSSR count). The Morgan fingerprint density at radius 1 is 0.966 bits per heavy atom. The van der Waals surface area contributed by atoms with Crippen LogP contribution < -0.4 is 14.4 Å². The van der Waals surface area contributed by atoms with Crippen molar-refractivity contribution in [3.05, 3.63) is 23.3 Å². The largest absolute Gasteiger partial charge is 0.496 e. The molecular weight excluding hydrogens is 390 g/mol. The molecule has 0 aliphatic carbocycles. The predicted molar refractivity (Wildman–Crippen MR) is 116 cm³/mol. The zero-order chi connectivity index (χ0) is 21.1. The molecule has 0 aromatic heterocycles. The lowest BCUT2D eigenvalue weighted by Crippen LogP contribution is -2.55. The van der Waals surface area contributed by atoms with Crippen LogP contribution in [0.25, 0.3) is 6.08 Å². The van der Waals surface area contributed by atoms with Crippen LogP contribution in [0.4, 0.5) is 5.69 Å². The Kier molecular flexibility index (Phi) is 6.42. The van der Waals surface area contributed by atoms with Crippen molar-refractivity contribution >= 4 is 40.9 Å². The van der Waals surface area contributed by atoms with Gasteiger partial charge in [0.05, 0.1) is 19.9 Å². The zero-order valence-electron chi connectivity index (χ0n) is 17.4. The molecule has 0 spiro atoms. The second-order valence-electron chi connectivity index (χ2n) is 6.90. The number of ether oxygens (including phenoxy) is 2. The molecule has 0 unspecified atom stereocenters. The summed E-state index contributed by atoms with van der Waals surface area (Å²) in [5, 5.41) is 0.246. The molecule has 1 aromatic rings. The van der Waals surface area contributed by atoms with Crippen LogP contribution in [0.5, 0.6) is 11.5 Å². The number of likely N-dealkylation sites (N-methyl/N-ethyl adjacent to an activating group) is 2. The smallest absolute Gasteiger partial charge is 0.265 e. The number of carbonyl (C=O) groups is 2. The first kappa shape index (κ1) is 21.1. The van der Waals surface area contributed by atoms with Gasteiger partial charge in [0.25, 0.3) is 11.8 Å². The minimum Gasteiger partial charge on any atom is -0.496 e. The molecule has 2 saturated heterocycles. The first-order valence-corrected chi connectivity index (χ1v) is 10.3. The van der Waals surface area contributed by atoms with E-state index >= 15 is 0 Å². The van der Waals surface area contributed by atoms with Gasteiger partial charge in [-0.25, -0.2) is 0 Å². The lowest BCUT2D eigenvalue weighted by Gasteiger charge is -2.35. The highest BCUT2D eigenvalue weighted by Crippen LogP contribution is 2.38. The maximum atomic E-state index is 12.9. The van der Waals surface area contributed by atoms with Gasteiger partial charge in [-0.3, -0.25) is 19.4 Å². The Labute approximate surface area is 176 Å². The van der Waals surface area contributed by atoms with Gasteiger partial charge in [-0.1, -0.05) is 0 Å². The molecule has 0 radical (unpaired) electrons. The highest BCUT2D eigenvalue weighted by molar-refractivity contribution is 7.80. The minimum absolute atomic E-state index is 0.0663. The van der Waals surface area contributed by atoms with Gasteiger partial charge < -0.3 is 14.4 Å². The van der Waals surface area contributed by atoms with Crippen LogP contribution in [0.2, 0.25) is 0 Å². The molecule has 0 atom stereocenters. The maximum absolute atomic E-state index is 12.9. The first-order valence-electron chi connectivity index (χ1n) is 9.87. The summed E-state index contributed by atoms with van der Waals surface area (Å²) in [6.45, 7) is 6.39. The lowest BCUT2D eigenvalue weighted by molar-refractivity contribution is -0.133. The average molecular weight is 418 g/mol. The summed E-state index contributed by atoms with van der Waals surface area (Å²) in [5.41, 5.74) is 1.64. The third-order valence-corrected chi connectivity index (χ3v) is 5.76. The molecule has 29 heavy (non-hydrogen) atoms. The van der Waals surface area contributed by atoms with E-state index in [-0.39, 0.29) is 10.7 Å². The summed E-state index contributed by atoms with van der Waals surface area (Å²) in [5.74, 6) is 0.485. The fourth-order valence-corrected chi connectivity index (χ4v) is 4.19. The molecule has 156 valence electrons. The lowest BCUT2D eigenvalue weighted by atomic mass is 10.0. The average Bonchev–Trinajstić information content (AvgIpc) is 3.26. The SMILES string of the molecule is CCN1C(=O)C(=Cc2cc(OC)c(N3CCCC3)cc2OC)C(=O)N(CC)C1=S. The second-order valence-corrected chi connectivity index (χ2v) is 7.26. The Morgan fingerprint density at radius 3 is 2.00 bits per heavy atom. The Bertz CT molecular complexity index is 834. The molecule has 1 aromatic carbocycles. The van der Waals surface area contributed by atoms with Crippen LogP contribution in [0.3, 0.4) is 0 Å². The van der Waals surface area contributed by atoms with E-state index < -0.39 is 11.8 Å². The number of benzene rings is 1. The number of carbonyl (C=O) groups excluding carboxylic acids is 2. The number of amides is 2. The van der Waals surface area contributed by atoms with E-state index in [9.17, 15) is 9.59 Å². The van der Waals surface area contributed by atoms with Gasteiger partial charge in [-0.05, 0) is 51.0 Å². The van der Waals surface area contributed by atoms with E-state index in [2.05, 4.69) is 4.90 Å². The third-order valence-electron chi connectivity index (χ3n) is 5.32. The van der Waals surface area contributed by atoms with Crippen LogP contribution in [0, 0.1) is 0 Å². The van der Waals surface area contributed by atoms with Crippen molar-refractivity contribution in [1.82, 2.24) is 9.80 Å². The van der Waals surface area contributed by atoms with E-state index in [4.69, 9.17) is 21.7 Å². The van der Waals surface area contributed by atoms with Crippen LogP contribution in [-0.4, -0.2) is 67.1 Å². The van der Waals surface area contributed by atoms with Crippen LogP contribution >= 0.6 is 12.2 Å². The Hall–Kier alpha value is -2.61. The van der Waals surface area contributed by atoms with E-state index in [0.717, 1.165) is 31.6 Å². The number of methoxy groups -OCH3 is 2. The molecule has 2 aliphatic rings. The number of thiocarbonyl (C=S) groups is 1. The van der Waals surface area contributed by atoms with Crippen LogP contribution in [0.15, 0.2) is 17.7 Å². The van der Waals surface area contributed by atoms with Crippen LogP contribution in [0.1, 0.15) is 32.3 Å². The normalized spacial score (nSPS) is 17.3. The van der Waals surface area contributed by atoms with Gasteiger partial charge in [-0.15, -0.1) is 0 Å². The molecular formula is C21H27N3O4S. The van der Waals surface area contributed by atoms with Gasteiger partial charge in [0.1, 0.15) is 17.1 Å². The summed E-state index contributed by atoms with van der Waals surface area (Å²) in [6, 6.07) is 3.73. The molecule has 0 saturated carbocycles. The number of nitrogens with zero attached hydrogens (tertiary/aromatic N) is 3. The molecule has 2 amide bonds. The topological polar surface area (TPSA) is 62.3 Å². The van der Waals surface area contributed by atoms with E-state index in [1.54, 1.807) is 20.3 Å². The molecule has 0 N–H and O–H groups in total. The molecule has 0 bridgehead atoms. The zero-order valence-corrected chi connectivity index (χ0v) is 18.2. The van der Waals surface area contributed by atoms with E-state index in [0.29, 0.717) is 30.2 Å². The first-order chi connectivity index (χ1) is 14.0. The number of anilines is 1. The van der Waals surface area contributed by atoms with Gasteiger partial charge in [-0.2, -0.15) is 0 Å². The Balaban J connectivity index is 2.09. The van der Waals surface area contributed by atoms with Gasteiger partial charge in [0, 0.05) is 37.8 Å². The minimum atomic E-state index is -0.392. The predicted octanol–water partition coefficient (Wildman–Crippen LogP) is 2.68. The second kappa shape index (κ2) is 8.82. The molecule has 2 aliphatic heterocycles. The van der Waals surface area contributed by atoms with Crippen molar-refractivity contribution in [1.29, 1.82) is 0 Å². The summed E-state index contributed by atoms with van der Waals surface area (Å²) in [4.78, 5) is 31.0. The van der Waals surface area contributed by atoms with E-state index in [1.807, 2.05) is 26.0 Å². The summed E-state index contributed by atoms with van der Waals surface area (Å²) in [7, 11) is 3.19. The molecule has 2 fully saturated rings. The third kappa shape index (κ3) is 3.81. The molecule has 2 heterocycles. The molecule has 8 heteroatoms.